The summed E-state index contributed by atoms with van der Waals surface area (Å²) in [7, 11) is 3.84. The van der Waals surface area contributed by atoms with Crippen molar-refractivity contribution in [1.29, 1.82) is 0 Å². The Morgan fingerprint density at radius 3 is 2.84 bits per heavy atom. The van der Waals surface area contributed by atoms with E-state index in [0.29, 0.717) is 30.1 Å². The van der Waals surface area contributed by atoms with E-state index in [-0.39, 0.29) is 11.2 Å². The lowest BCUT2D eigenvalue weighted by Gasteiger charge is -2.21. The van der Waals surface area contributed by atoms with Crippen LogP contribution in [0.5, 0.6) is 0 Å². The average Bonchev–Trinajstić information content (AvgIpc) is 3.53. The molecule has 1 unspecified atom stereocenters. The molecule has 164 valence electrons. The number of hydrogen-bond acceptors (Lipinski definition) is 6. The van der Waals surface area contributed by atoms with Gasteiger partial charge in [0.1, 0.15) is 17.0 Å². The molecule has 0 saturated heterocycles. The van der Waals surface area contributed by atoms with Gasteiger partial charge in [0, 0.05) is 33.0 Å². The van der Waals surface area contributed by atoms with E-state index in [1.807, 2.05) is 60.6 Å². The van der Waals surface area contributed by atoms with Crippen molar-refractivity contribution in [2.45, 2.75) is 23.6 Å². The number of aromatic amines is 1. The Balaban J connectivity index is 1.54. The number of carbonyl (C=O) groups excluding carboxylic acids is 1. The number of pyridine rings is 1. The molecule has 4 aromatic heterocycles. The molecule has 0 saturated carbocycles. The van der Waals surface area contributed by atoms with Crippen LogP contribution in [0.1, 0.15) is 39.9 Å². The maximum Gasteiger partial charge on any atom is 0.270 e. The largest absolute Gasteiger partial charge is 0.382 e. The first-order valence-electron chi connectivity index (χ1n) is 10.4. The van der Waals surface area contributed by atoms with Crippen molar-refractivity contribution in [1.82, 2.24) is 34.2 Å². The second kappa shape index (κ2) is 7.86. The number of imidazole rings is 1. The Bertz CT molecular complexity index is 1330. The zero-order valence-electron chi connectivity index (χ0n) is 18.1. The highest BCUT2D eigenvalue weighted by Crippen LogP contribution is 2.45. The fourth-order valence-corrected chi connectivity index (χ4v) is 5.24. The lowest BCUT2D eigenvalue weighted by Crippen LogP contribution is -2.32. The molecule has 0 bridgehead atoms. The third-order valence-electron chi connectivity index (χ3n) is 5.79. The molecule has 0 spiro atoms. The number of fused-ring (bicyclic) bond motifs is 3. The molecule has 4 aromatic rings. The fraction of sp³-hybridized carbons (Fsp3) is 0.273. The minimum Gasteiger partial charge on any atom is -0.382 e. The van der Waals surface area contributed by atoms with Crippen LogP contribution in [-0.4, -0.2) is 46.7 Å². The Morgan fingerprint density at radius 1 is 1.31 bits per heavy atom. The highest BCUT2D eigenvalue weighted by atomic mass is 32.2. The number of aromatic nitrogens is 6. The van der Waals surface area contributed by atoms with Gasteiger partial charge in [-0.2, -0.15) is 5.10 Å². The minimum atomic E-state index is -0.0307. The zero-order chi connectivity index (χ0) is 22.4. The van der Waals surface area contributed by atoms with Gasteiger partial charge in [0.2, 0.25) is 0 Å². The number of hydrogen-bond donors (Lipinski definition) is 2. The van der Waals surface area contributed by atoms with Crippen molar-refractivity contribution in [3.8, 4) is 0 Å². The van der Waals surface area contributed by atoms with Crippen LogP contribution in [0.3, 0.4) is 0 Å². The smallest absolute Gasteiger partial charge is 0.270 e. The molecular formula is C22H24N8OS. The first-order chi connectivity index (χ1) is 15.5. The van der Waals surface area contributed by atoms with E-state index in [1.165, 1.54) is 0 Å². The van der Waals surface area contributed by atoms with Gasteiger partial charge in [0.05, 0.1) is 33.6 Å². The molecule has 5 rings (SSSR count). The number of anilines is 1. The van der Waals surface area contributed by atoms with Crippen molar-refractivity contribution in [3.05, 3.63) is 59.6 Å². The molecule has 1 aliphatic heterocycles. The third kappa shape index (κ3) is 3.27. The quantitative estimate of drug-likeness (QED) is 0.485. The highest BCUT2D eigenvalue weighted by Gasteiger charge is 2.26. The van der Waals surface area contributed by atoms with Crippen LogP contribution in [0, 0.1) is 0 Å². The van der Waals surface area contributed by atoms with Crippen LogP contribution >= 0.6 is 11.8 Å². The molecule has 3 N–H and O–H groups in total. The normalized spacial score (nSPS) is 15.3. The lowest BCUT2D eigenvalue weighted by atomic mass is 10.2. The lowest BCUT2D eigenvalue weighted by molar-refractivity contribution is 0.0738. The van der Waals surface area contributed by atoms with Gasteiger partial charge in [0.15, 0.2) is 5.82 Å². The molecule has 1 atom stereocenters. The number of nitrogens with two attached hydrogens (primary N) is 1. The molecule has 0 radical (unpaired) electrons. The van der Waals surface area contributed by atoms with E-state index in [4.69, 9.17) is 10.7 Å². The van der Waals surface area contributed by atoms with E-state index in [1.54, 1.807) is 22.9 Å². The summed E-state index contributed by atoms with van der Waals surface area (Å²) in [5.74, 6) is 1.12. The monoisotopic (exact) mass is 448 g/mol. The first kappa shape index (κ1) is 20.4. The van der Waals surface area contributed by atoms with Gasteiger partial charge in [-0.05, 0) is 31.2 Å². The van der Waals surface area contributed by atoms with Gasteiger partial charge in [-0.1, -0.05) is 6.08 Å². The molecular weight excluding hydrogens is 424 g/mol. The zero-order valence-corrected chi connectivity index (χ0v) is 18.9. The van der Waals surface area contributed by atoms with Gasteiger partial charge in [0.25, 0.3) is 5.91 Å². The molecule has 0 aliphatic carbocycles. The SMILES string of the molecule is CCN(Cc1nc2c(N)nc3c(c2n1C)SC(c1ccn[nH]1)C=C3)C(=O)c1cccn1C. The van der Waals surface area contributed by atoms with Crippen molar-refractivity contribution < 1.29 is 4.79 Å². The number of nitrogens with zero attached hydrogens (tertiary/aromatic N) is 6. The maximum atomic E-state index is 13.1. The average molecular weight is 449 g/mol. The highest BCUT2D eigenvalue weighted by molar-refractivity contribution is 8.00. The van der Waals surface area contributed by atoms with Crippen LogP contribution < -0.4 is 5.73 Å². The van der Waals surface area contributed by atoms with E-state index in [2.05, 4.69) is 21.3 Å². The van der Waals surface area contributed by atoms with Crippen molar-refractivity contribution in [3.63, 3.8) is 0 Å². The van der Waals surface area contributed by atoms with Crippen molar-refractivity contribution >= 4 is 40.6 Å². The Labute approximate surface area is 189 Å². The van der Waals surface area contributed by atoms with Gasteiger partial charge in [-0.3, -0.25) is 9.89 Å². The number of thioether (sulfide) groups is 1. The predicted octanol–water partition coefficient (Wildman–Crippen LogP) is 3.13. The molecule has 0 aromatic carbocycles. The summed E-state index contributed by atoms with van der Waals surface area (Å²) in [6.07, 6.45) is 7.71. The summed E-state index contributed by atoms with van der Waals surface area (Å²) in [4.78, 5) is 25.3. The van der Waals surface area contributed by atoms with Crippen LogP contribution in [0.2, 0.25) is 0 Å². The second-order valence-electron chi connectivity index (χ2n) is 7.73. The number of nitrogens with one attached hydrogen (secondary N) is 1. The fourth-order valence-electron chi connectivity index (χ4n) is 3.99. The van der Waals surface area contributed by atoms with Crippen molar-refractivity contribution in [2.75, 3.05) is 12.3 Å². The summed E-state index contributed by atoms with van der Waals surface area (Å²) in [6, 6.07) is 5.67. The summed E-state index contributed by atoms with van der Waals surface area (Å²) in [5.41, 5.74) is 10.4. The summed E-state index contributed by atoms with van der Waals surface area (Å²) in [6.45, 7) is 2.92. The van der Waals surface area contributed by atoms with E-state index in [0.717, 1.165) is 27.6 Å². The molecule has 10 heteroatoms. The minimum absolute atomic E-state index is 0.0307. The Morgan fingerprint density at radius 2 is 2.16 bits per heavy atom. The molecule has 1 amide bonds. The van der Waals surface area contributed by atoms with Gasteiger partial charge in [-0.25, -0.2) is 9.97 Å². The number of rotatable bonds is 5. The second-order valence-corrected chi connectivity index (χ2v) is 8.88. The first-order valence-corrected chi connectivity index (χ1v) is 11.3. The topological polar surface area (TPSA) is 111 Å². The molecule has 32 heavy (non-hydrogen) atoms. The summed E-state index contributed by atoms with van der Waals surface area (Å²) in [5, 5.41) is 7.22. The standard InChI is InChI=1S/C22H24N8OS/c1-4-30(22(31)15-6-5-11-28(15)2)12-17-26-18-19(29(17)3)20-14(25-21(18)23)7-8-16(32-20)13-9-10-24-27-13/h5-11,16H,4,12H2,1-3H3,(H2,23,25)(H,24,27). The van der Waals surface area contributed by atoms with Crippen molar-refractivity contribution in [2.24, 2.45) is 14.1 Å². The van der Waals surface area contributed by atoms with Crippen LogP contribution in [0.25, 0.3) is 17.1 Å². The Hall–Kier alpha value is -3.53. The van der Waals surface area contributed by atoms with Crippen LogP contribution in [-0.2, 0) is 20.6 Å². The number of H-pyrrole nitrogens is 1. The van der Waals surface area contributed by atoms with Crippen LogP contribution in [0.15, 0.2) is 41.6 Å². The number of aryl methyl sites for hydroxylation is 2. The molecule has 0 fully saturated rings. The van der Waals surface area contributed by atoms with Gasteiger partial charge in [-0.15, -0.1) is 11.8 Å². The van der Waals surface area contributed by atoms with Crippen LogP contribution in [0.4, 0.5) is 5.82 Å². The summed E-state index contributed by atoms with van der Waals surface area (Å²) >= 11 is 1.69. The van der Waals surface area contributed by atoms with Gasteiger partial charge >= 0.3 is 0 Å². The number of amides is 1. The third-order valence-corrected chi connectivity index (χ3v) is 7.09. The maximum absolute atomic E-state index is 13.1. The van der Waals surface area contributed by atoms with E-state index >= 15 is 0 Å². The van der Waals surface area contributed by atoms with E-state index < -0.39 is 0 Å². The molecule has 9 nitrogen and oxygen atoms in total. The number of carbonyl (C=O) groups is 1. The number of nitrogen functional groups attached to an aromatic ring is 1. The predicted molar refractivity (Wildman–Crippen MR) is 125 cm³/mol. The van der Waals surface area contributed by atoms with Gasteiger partial charge < -0.3 is 19.8 Å². The van der Waals surface area contributed by atoms with E-state index in [9.17, 15) is 4.79 Å². The molecule has 1 aliphatic rings. The Kier molecular flexibility index (Phi) is 5.01. The molecule has 5 heterocycles. The summed E-state index contributed by atoms with van der Waals surface area (Å²) < 4.78 is 3.86.